The number of pyridine rings is 1. The van der Waals surface area contributed by atoms with Crippen molar-refractivity contribution in [3.63, 3.8) is 0 Å². The Morgan fingerprint density at radius 3 is 2.80 bits per heavy atom. The van der Waals surface area contributed by atoms with E-state index in [2.05, 4.69) is 58.3 Å². The fourth-order valence-electron chi connectivity index (χ4n) is 5.59. The lowest BCUT2D eigenvalue weighted by Crippen LogP contribution is -2.39. The van der Waals surface area contributed by atoms with Gasteiger partial charge < -0.3 is 9.40 Å². The van der Waals surface area contributed by atoms with E-state index in [4.69, 9.17) is 4.42 Å². The van der Waals surface area contributed by atoms with Gasteiger partial charge in [0, 0.05) is 29.1 Å². The molecule has 0 bridgehead atoms. The summed E-state index contributed by atoms with van der Waals surface area (Å²) in [4.78, 5) is 18.8. The number of nitrogens with zero attached hydrogens (tertiary/aromatic N) is 5. The summed E-state index contributed by atoms with van der Waals surface area (Å²) in [5.74, 6) is 1.65. The van der Waals surface area contributed by atoms with Gasteiger partial charge in [0.15, 0.2) is 5.82 Å². The number of nitrogens with one attached hydrogen (secondary N) is 1. The standard InChI is InChI=1S/C27H34N6O2/c1-4-8-25(26-29-30-31-33(26)17-22-11-7-12-35-22)32(21-9-5-6-10-21)16-20-15-23-19(3)13-18(2)14-24(23)28-27(20)34/h7,11-15,21,25H,4-6,8-10,16-17H2,1-3H3,(H,28,34)/t25-/m1/s1. The van der Waals surface area contributed by atoms with Crippen LogP contribution in [0.2, 0.25) is 0 Å². The number of fused-ring (bicyclic) bond motifs is 1. The van der Waals surface area contributed by atoms with Gasteiger partial charge in [-0.15, -0.1) is 5.10 Å². The molecule has 3 aromatic heterocycles. The van der Waals surface area contributed by atoms with Crippen molar-refractivity contribution < 1.29 is 4.42 Å². The van der Waals surface area contributed by atoms with Crippen LogP contribution in [-0.4, -0.2) is 36.1 Å². The number of benzene rings is 1. The maximum absolute atomic E-state index is 13.2. The van der Waals surface area contributed by atoms with Gasteiger partial charge in [-0.25, -0.2) is 4.68 Å². The topological polar surface area (TPSA) is 92.8 Å². The zero-order valence-electron chi connectivity index (χ0n) is 20.8. The number of aromatic amines is 1. The summed E-state index contributed by atoms with van der Waals surface area (Å²) in [5.41, 5.74) is 4.00. The van der Waals surface area contributed by atoms with Gasteiger partial charge in [0.05, 0.1) is 12.3 Å². The van der Waals surface area contributed by atoms with Gasteiger partial charge in [0.1, 0.15) is 12.3 Å². The first-order valence-electron chi connectivity index (χ1n) is 12.7. The monoisotopic (exact) mass is 474 g/mol. The summed E-state index contributed by atoms with van der Waals surface area (Å²) in [6.45, 7) is 7.41. The summed E-state index contributed by atoms with van der Waals surface area (Å²) < 4.78 is 7.40. The highest BCUT2D eigenvalue weighted by molar-refractivity contribution is 5.83. The Bertz CT molecular complexity index is 1330. The zero-order valence-corrected chi connectivity index (χ0v) is 20.8. The third-order valence-electron chi connectivity index (χ3n) is 7.24. The van der Waals surface area contributed by atoms with E-state index in [1.54, 1.807) is 6.26 Å². The summed E-state index contributed by atoms with van der Waals surface area (Å²) >= 11 is 0. The van der Waals surface area contributed by atoms with Crippen LogP contribution in [-0.2, 0) is 13.1 Å². The van der Waals surface area contributed by atoms with Gasteiger partial charge in [-0.1, -0.05) is 32.3 Å². The van der Waals surface area contributed by atoms with Gasteiger partial charge in [0.25, 0.3) is 5.56 Å². The van der Waals surface area contributed by atoms with E-state index in [0.717, 1.165) is 59.3 Å². The van der Waals surface area contributed by atoms with E-state index in [1.807, 2.05) is 22.9 Å². The number of rotatable bonds is 9. The van der Waals surface area contributed by atoms with E-state index in [-0.39, 0.29) is 11.6 Å². The minimum atomic E-state index is -0.0177. The molecule has 0 radical (unpaired) electrons. The average Bonchev–Trinajstić information content (AvgIpc) is 3.60. The summed E-state index contributed by atoms with van der Waals surface area (Å²) in [6, 6.07) is 10.5. The van der Waals surface area contributed by atoms with E-state index in [1.165, 1.54) is 18.4 Å². The lowest BCUT2D eigenvalue weighted by Gasteiger charge is -2.35. The van der Waals surface area contributed by atoms with Crippen LogP contribution in [0.4, 0.5) is 0 Å². The molecule has 1 aromatic carbocycles. The molecule has 4 aromatic rings. The molecule has 1 atom stereocenters. The summed E-state index contributed by atoms with van der Waals surface area (Å²) in [7, 11) is 0. The van der Waals surface area contributed by atoms with Gasteiger partial charge in [-0.2, -0.15) is 0 Å². The SMILES string of the molecule is CCC[C@H](c1nnnn1Cc1ccco1)N(Cc1cc2c(C)cc(C)cc2[nH]c1=O)C1CCCC1. The number of aryl methyl sites for hydroxylation is 2. The van der Waals surface area contributed by atoms with Crippen LogP contribution < -0.4 is 5.56 Å². The maximum atomic E-state index is 13.2. The summed E-state index contributed by atoms with van der Waals surface area (Å²) in [5, 5.41) is 13.9. The van der Waals surface area contributed by atoms with Crippen LogP contribution in [0, 0.1) is 13.8 Å². The van der Waals surface area contributed by atoms with E-state index in [9.17, 15) is 4.79 Å². The molecule has 1 fully saturated rings. The van der Waals surface area contributed by atoms with Gasteiger partial charge in [-0.3, -0.25) is 9.69 Å². The fourth-order valence-corrected chi connectivity index (χ4v) is 5.59. The van der Waals surface area contributed by atoms with Crippen molar-refractivity contribution in [3.8, 4) is 0 Å². The second-order valence-electron chi connectivity index (χ2n) is 9.86. The highest BCUT2D eigenvalue weighted by Gasteiger charge is 2.33. The molecule has 1 saturated carbocycles. The Kier molecular flexibility index (Phi) is 6.81. The van der Waals surface area contributed by atoms with Crippen LogP contribution >= 0.6 is 0 Å². The molecular formula is C27H34N6O2. The molecule has 8 nitrogen and oxygen atoms in total. The molecule has 1 N–H and O–H groups in total. The van der Waals surface area contributed by atoms with Crippen molar-refractivity contribution in [1.82, 2.24) is 30.1 Å². The molecule has 35 heavy (non-hydrogen) atoms. The lowest BCUT2D eigenvalue weighted by molar-refractivity contribution is 0.108. The Morgan fingerprint density at radius 2 is 2.06 bits per heavy atom. The highest BCUT2D eigenvalue weighted by Crippen LogP contribution is 2.34. The van der Waals surface area contributed by atoms with Gasteiger partial charge >= 0.3 is 0 Å². The van der Waals surface area contributed by atoms with Crippen molar-refractivity contribution in [2.45, 2.75) is 84.5 Å². The minimum absolute atomic E-state index is 0.0160. The molecule has 8 heteroatoms. The first-order valence-corrected chi connectivity index (χ1v) is 12.7. The fraction of sp³-hybridized carbons (Fsp3) is 0.481. The van der Waals surface area contributed by atoms with Crippen molar-refractivity contribution in [2.24, 2.45) is 0 Å². The largest absolute Gasteiger partial charge is 0.467 e. The molecule has 0 spiro atoms. The molecular weight excluding hydrogens is 440 g/mol. The van der Waals surface area contributed by atoms with Crippen molar-refractivity contribution in [3.05, 3.63) is 75.2 Å². The van der Waals surface area contributed by atoms with Gasteiger partial charge in [0.2, 0.25) is 0 Å². The van der Waals surface area contributed by atoms with Crippen LogP contribution in [0.1, 0.15) is 79.8 Å². The Hall–Kier alpha value is -3.26. The lowest BCUT2D eigenvalue weighted by atomic mass is 10.0. The first kappa shape index (κ1) is 23.5. The number of H-pyrrole nitrogens is 1. The first-order chi connectivity index (χ1) is 17.0. The van der Waals surface area contributed by atoms with Crippen molar-refractivity contribution in [2.75, 3.05) is 0 Å². The number of aromatic nitrogens is 5. The van der Waals surface area contributed by atoms with Crippen LogP contribution in [0.25, 0.3) is 10.9 Å². The van der Waals surface area contributed by atoms with E-state index < -0.39 is 0 Å². The second kappa shape index (κ2) is 10.2. The van der Waals surface area contributed by atoms with Gasteiger partial charge in [-0.05, 0) is 78.9 Å². The Morgan fingerprint density at radius 1 is 1.23 bits per heavy atom. The quantitative estimate of drug-likeness (QED) is 0.365. The molecule has 0 unspecified atom stereocenters. The smallest absolute Gasteiger partial charge is 0.252 e. The molecule has 0 amide bonds. The van der Waals surface area contributed by atoms with Crippen molar-refractivity contribution in [1.29, 1.82) is 0 Å². The molecule has 184 valence electrons. The third kappa shape index (κ3) is 4.93. The number of furan rings is 1. The van der Waals surface area contributed by atoms with E-state index in [0.29, 0.717) is 19.1 Å². The number of hydrogen-bond acceptors (Lipinski definition) is 6. The molecule has 1 aliphatic rings. The van der Waals surface area contributed by atoms with Crippen molar-refractivity contribution >= 4 is 10.9 Å². The van der Waals surface area contributed by atoms with Crippen LogP contribution in [0.3, 0.4) is 0 Å². The second-order valence-corrected chi connectivity index (χ2v) is 9.86. The third-order valence-corrected chi connectivity index (χ3v) is 7.24. The summed E-state index contributed by atoms with van der Waals surface area (Å²) in [6.07, 6.45) is 8.26. The number of tetrazole rings is 1. The molecule has 0 aliphatic heterocycles. The molecule has 0 saturated heterocycles. The Balaban J connectivity index is 1.53. The van der Waals surface area contributed by atoms with Crippen LogP contribution in [0.15, 0.2) is 45.8 Å². The maximum Gasteiger partial charge on any atom is 0.252 e. The van der Waals surface area contributed by atoms with E-state index >= 15 is 0 Å². The average molecular weight is 475 g/mol. The Labute approximate surface area is 205 Å². The predicted molar refractivity (Wildman–Crippen MR) is 135 cm³/mol. The number of hydrogen-bond donors (Lipinski definition) is 1. The molecule has 3 heterocycles. The zero-order chi connectivity index (χ0) is 24.4. The molecule has 5 rings (SSSR count). The molecule has 1 aliphatic carbocycles. The minimum Gasteiger partial charge on any atom is -0.467 e. The van der Waals surface area contributed by atoms with Crippen LogP contribution in [0.5, 0.6) is 0 Å². The highest BCUT2D eigenvalue weighted by atomic mass is 16.3. The predicted octanol–water partition coefficient (Wildman–Crippen LogP) is 5.06. The normalized spacial score (nSPS) is 15.4.